The average molecular weight is 186 g/mol. The maximum Gasteiger partial charge on any atom is 0.522 e. The number of halogens is 4. The van der Waals surface area contributed by atoms with E-state index in [9.17, 15) is 17.6 Å². The van der Waals surface area contributed by atoms with Gasteiger partial charge in [0.15, 0.2) is 0 Å². The number of hydrogen-bond donors (Lipinski definition) is 0. The smallest absolute Gasteiger partial charge is 0.289 e. The van der Waals surface area contributed by atoms with Gasteiger partial charge in [-0.2, -0.15) is 0 Å². The lowest BCUT2D eigenvalue weighted by Crippen LogP contribution is -2.28. The lowest BCUT2D eigenvalue weighted by Gasteiger charge is -2.24. The van der Waals surface area contributed by atoms with E-state index >= 15 is 0 Å². The molecule has 1 aliphatic rings. The van der Waals surface area contributed by atoms with Crippen LogP contribution < -0.4 is 0 Å². The van der Waals surface area contributed by atoms with Crippen molar-refractivity contribution < 1.29 is 22.3 Å². The Kier molecular flexibility index (Phi) is 2.93. The third-order valence-electron chi connectivity index (χ3n) is 1.90. The molecule has 1 nitrogen and oxygen atoms in total. The molecule has 1 aliphatic carbocycles. The zero-order valence-electron chi connectivity index (χ0n) is 6.40. The van der Waals surface area contributed by atoms with Gasteiger partial charge in [0.25, 0.3) is 0 Å². The second-order valence-electron chi connectivity index (χ2n) is 2.94. The second kappa shape index (κ2) is 3.60. The summed E-state index contributed by atoms with van der Waals surface area (Å²) in [6.45, 7) is 0. The van der Waals surface area contributed by atoms with E-state index in [4.69, 9.17) is 0 Å². The van der Waals surface area contributed by atoms with Gasteiger partial charge in [0.2, 0.25) is 0 Å². The summed E-state index contributed by atoms with van der Waals surface area (Å²) in [6, 6.07) is 0. The molecule has 0 heterocycles. The van der Waals surface area contributed by atoms with Crippen molar-refractivity contribution in [2.45, 2.75) is 44.3 Å². The first-order chi connectivity index (χ1) is 5.47. The Labute approximate surface area is 67.7 Å². The first-order valence-corrected chi connectivity index (χ1v) is 3.86. The first-order valence-electron chi connectivity index (χ1n) is 3.86. The summed E-state index contributed by atoms with van der Waals surface area (Å²) in [5.41, 5.74) is 0. The van der Waals surface area contributed by atoms with Crippen molar-refractivity contribution in [3.05, 3.63) is 0 Å². The Morgan fingerprint density at radius 2 is 1.50 bits per heavy atom. The van der Waals surface area contributed by atoms with Crippen LogP contribution in [-0.4, -0.2) is 18.6 Å². The molecule has 0 bridgehead atoms. The standard InChI is InChI=1S/C7H10F4O/c8-5-1-3-6(4-2-5)12-7(9,10)11/h5-6H,1-4H2. The summed E-state index contributed by atoms with van der Waals surface area (Å²) in [5.74, 6) is 0. The van der Waals surface area contributed by atoms with E-state index in [1.54, 1.807) is 0 Å². The molecule has 0 saturated heterocycles. The molecular weight excluding hydrogens is 176 g/mol. The largest absolute Gasteiger partial charge is 0.522 e. The van der Waals surface area contributed by atoms with Gasteiger partial charge >= 0.3 is 6.36 Å². The minimum Gasteiger partial charge on any atom is -0.289 e. The molecule has 0 unspecified atom stereocenters. The van der Waals surface area contributed by atoms with Crippen molar-refractivity contribution in [2.75, 3.05) is 0 Å². The molecule has 1 fully saturated rings. The van der Waals surface area contributed by atoms with E-state index in [0.29, 0.717) is 0 Å². The number of hydrogen-bond acceptors (Lipinski definition) is 1. The minimum atomic E-state index is -4.58. The van der Waals surface area contributed by atoms with Gasteiger partial charge in [-0.25, -0.2) is 4.39 Å². The van der Waals surface area contributed by atoms with Gasteiger partial charge in [0.05, 0.1) is 6.10 Å². The van der Waals surface area contributed by atoms with Crippen molar-refractivity contribution in [3.63, 3.8) is 0 Å². The van der Waals surface area contributed by atoms with Gasteiger partial charge < -0.3 is 0 Å². The molecule has 0 aliphatic heterocycles. The van der Waals surface area contributed by atoms with E-state index in [0.717, 1.165) is 0 Å². The molecule has 0 atom stereocenters. The fraction of sp³-hybridized carbons (Fsp3) is 1.00. The Morgan fingerprint density at radius 1 is 1.00 bits per heavy atom. The predicted molar refractivity (Wildman–Crippen MR) is 34.3 cm³/mol. The molecule has 1 rings (SSSR count). The van der Waals surface area contributed by atoms with Crippen molar-refractivity contribution in [1.82, 2.24) is 0 Å². The normalized spacial score (nSPS) is 32.0. The lowest BCUT2D eigenvalue weighted by atomic mass is 9.96. The second-order valence-corrected chi connectivity index (χ2v) is 2.94. The molecule has 0 radical (unpaired) electrons. The third-order valence-corrected chi connectivity index (χ3v) is 1.90. The van der Waals surface area contributed by atoms with Crippen LogP contribution in [0.3, 0.4) is 0 Å². The van der Waals surface area contributed by atoms with Gasteiger partial charge in [-0.1, -0.05) is 0 Å². The van der Waals surface area contributed by atoms with E-state index in [-0.39, 0.29) is 25.7 Å². The van der Waals surface area contributed by atoms with Crippen molar-refractivity contribution >= 4 is 0 Å². The summed E-state index contributed by atoms with van der Waals surface area (Å²) in [7, 11) is 0. The van der Waals surface area contributed by atoms with Crippen molar-refractivity contribution in [1.29, 1.82) is 0 Å². The Morgan fingerprint density at radius 3 is 1.92 bits per heavy atom. The SMILES string of the molecule is FC1CCC(OC(F)(F)F)CC1. The van der Waals surface area contributed by atoms with Crippen LogP contribution in [0.1, 0.15) is 25.7 Å². The fourth-order valence-electron chi connectivity index (χ4n) is 1.33. The molecule has 0 N–H and O–H groups in total. The Hall–Kier alpha value is -0.320. The van der Waals surface area contributed by atoms with E-state index in [1.165, 1.54) is 0 Å². The molecule has 0 spiro atoms. The monoisotopic (exact) mass is 186 g/mol. The van der Waals surface area contributed by atoms with Crippen LogP contribution in [0.4, 0.5) is 17.6 Å². The van der Waals surface area contributed by atoms with Gasteiger partial charge in [-0.05, 0) is 25.7 Å². The highest BCUT2D eigenvalue weighted by Crippen LogP contribution is 2.28. The van der Waals surface area contributed by atoms with Gasteiger partial charge in [0.1, 0.15) is 6.17 Å². The molecule has 0 amide bonds. The van der Waals surface area contributed by atoms with Crippen LogP contribution in [-0.2, 0) is 4.74 Å². The van der Waals surface area contributed by atoms with Crippen LogP contribution in [0.25, 0.3) is 0 Å². The summed E-state index contributed by atoms with van der Waals surface area (Å²) in [6.07, 6.45) is -5.66. The van der Waals surface area contributed by atoms with Crippen molar-refractivity contribution in [3.8, 4) is 0 Å². The topological polar surface area (TPSA) is 9.23 Å². The van der Waals surface area contributed by atoms with E-state index in [1.807, 2.05) is 0 Å². The number of rotatable bonds is 1. The average Bonchev–Trinajstić information content (AvgIpc) is 1.91. The summed E-state index contributed by atoms with van der Waals surface area (Å²) >= 11 is 0. The highest BCUT2D eigenvalue weighted by atomic mass is 19.4. The molecule has 12 heavy (non-hydrogen) atoms. The van der Waals surface area contributed by atoms with Crippen LogP contribution in [0.15, 0.2) is 0 Å². The molecule has 5 heteroatoms. The minimum absolute atomic E-state index is 0.167. The quantitative estimate of drug-likeness (QED) is 0.572. The van der Waals surface area contributed by atoms with Crippen LogP contribution in [0.5, 0.6) is 0 Å². The van der Waals surface area contributed by atoms with Gasteiger partial charge in [0, 0.05) is 0 Å². The molecule has 0 aromatic rings. The molecule has 72 valence electrons. The van der Waals surface area contributed by atoms with Gasteiger partial charge in [-0.3, -0.25) is 4.74 Å². The summed E-state index contributed by atoms with van der Waals surface area (Å²) < 4.78 is 51.1. The zero-order valence-corrected chi connectivity index (χ0v) is 6.40. The Bertz CT molecular complexity index is 137. The fourth-order valence-corrected chi connectivity index (χ4v) is 1.33. The number of ether oxygens (including phenoxy) is 1. The molecule has 1 saturated carbocycles. The molecular formula is C7H10F4O. The van der Waals surface area contributed by atoms with Crippen molar-refractivity contribution in [2.24, 2.45) is 0 Å². The highest BCUT2D eigenvalue weighted by Gasteiger charge is 2.35. The molecule has 0 aromatic heterocycles. The Balaban J connectivity index is 2.26. The van der Waals surface area contributed by atoms with E-state index in [2.05, 4.69) is 4.74 Å². The number of alkyl halides is 4. The lowest BCUT2D eigenvalue weighted by molar-refractivity contribution is -0.345. The highest BCUT2D eigenvalue weighted by molar-refractivity contribution is 4.72. The van der Waals surface area contributed by atoms with E-state index < -0.39 is 18.6 Å². The molecule has 0 aromatic carbocycles. The van der Waals surface area contributed by atoms with Crippen LogP contribution >= 0.6 is 0 Å². The maximum atomic E-state index is 12.5. The van der Waals surface area contributed by atoms with Crippen LogP contribution in [0.2, 0.25) is 0 Å². The first kappa shape index (κ1) is 9.77. The zero-order chi connectivity index (χ0) is 9.19. The summed E-state index contributed by atoms with van der Waals surface area (Å²) in [4.78, 5) is 0. The van der Waals surface area contributed by atoms with Crippen LogP contribution in [0, 0.1) is 0 Å². The predicted octanol–water partition coefficient (Wildman–Crippen LogP) is 2.80. The van der Waals surface area contributed by atoms with Gasteiger partial charge in [-0.15, -0.1) is 13.2 Å². The third kappa shape index (κ3) is 3.38. The summed E-state index contributed by atoms with van der Waals surface area (Å²) in [5, 5.41) is 0. The maximum absolute atomic E-state index is 12.5.